The third kappa shape index (κ3) is 5.82. The molecule has 122 valence electrons. The number of aromatic nitrogens is 2. The maximum Gasteiger partial charge on any atom is 0.191 e. The highest BCUT2D eigenvalue weighted by Gasteiger charge is 2.13. The summed E-state index contributed by atoms with van der Waals surface area (Å²) in [6, 6.07) is 0. The number of guanidine groups is 1. The molecule has 0 saturated heterocycles. The fourth-order valence-corrected chi connectivity index (χ4v) is 2.26. The number of ether oxygens (including phenoxy) is 1. The van der Waals surface area contributed by atoms with Crippen LogP contribution >= 0.6 is 24.0 Å². The van der Waals surface area contributed by atoms with Crippen LogP contribution in [0, 0.1) is 0 Å². The van der Waals surface area contributed by atoms with Gasteiger partial charge in [-0.05, 0) is 12.8 Å². The first-order chi connectivity index (χ1) is 9.67. The van der Waals surface area contributed by atoms with Gasteiger partial charge in [-0.25, -0.2) is 0 Å². The summed E-state index contributed by atoms with van der Waals surface area (Å²) < 4.78 is 7.00. The quantitative estimate of drug-likeness (QED) is 0.310. The van der Waals surface area contributed by atoms with E-state index in [1.54, 1.807) is 14.2 Å². The van der Waals surface area contributed by atoms with Gasteiger partial charge in [-0.1, -0.05) is 13.8 Å². The number of aliphatic imine (C=N–C) groups is 1. The number of nitrogens with one attached hydrogen (secondary N) is 2. The fraction of sp³-hybridized carbons (Fsp3) is 0.714. The Labute approximate surface area is 144 Å². The minimum atomic E-state index is 0. The van der Waals surface area contributed by atoms with E-state index in [-0.39, 0.29) is 24.0 Å². The van der Waals surface area contributed by atoms with E-state index in [0.29, 0.717) is 6.61 Å². The van der Waals surface area contributed by atoms with Crippen LogP contribution in [0.5, 0.6) is 0 Å². The Morgan fingerprint density at radius 1 is 1.29 bits per heavy atom. The minimum Gasteiger partial charge on any atom is -0.383 e. The average molecular weight is 409 g/mol. The summed E-state index contributed by atoms with van der Waals surface area (Å²) in [5.74, 6) is 0.787. The Hall–Kier alpha value is -0.830. The van der Waals surface area contributed by atoms with Crippen LogP contribution < -0.4 is 10.6 Å². The number of aryl methyl sites for hydroxylation is 2. The zero-order valence-electron chi connectivity index (χ0n) is 13.7. The van der Waals surface area contributed by atoms with E-state index in [9.17, 15) is 0 Å². The molecule has 0 bridgehead atoms. The zero-order valence-corrected chi connectivity index (χ0v) is 16.0. The van der Waals surface area contributed by atoms with Gasteiger partial charge in [0.2, 0.25) is 0 Å². The molecule has 0 aliphatic rings. The summed E-state index contributed by atoms with van der Waals surface area (Å²) in [6.45, 7) is 6.44. The molecule has 0 amide bonds. The number of halogens is 1. The molecule has 0 radical (unpaired) electrons. The summed E-state index contributed by atoms with van der Waals surface area (Å²) in [5.41, 5.74) is 3.72. The Balaban J connectivity index is 0.00000400. The predicted molar refractivity (Wildman–Crippen MR) is 97.5 cm³/mol. The zero-order chi connectivity index (χ0) is 15.0. The topological polar surface area (TPSA) is 63.5 Å². The molecule has 2 N–H and O–H groups in total. The van der Waals surface area contributed by atoms with Gasteiger partial charge in [-0.2, -0.15) is 5.10 Å². The fourth-order valence-electron chi connectivity index (χ4n) is 2.26. The van der Waals surface area contributed by atoms with Crippen LogP contribution in [0.3, 0.4) is 0 Å². The molecular weight excluding hydrogens is 381 g/mol. The van der Waals surface area contributed by atoms with Gasteiger partial charge in [-0.15, -0.1) is 24.0 Å². The smallest absolute Gasteiger partial charge is 0.191 e. The molecule has 0 aliphatic carbocycles. The van der Waals surface area contributed by atoms with Crippen molar-refractivity contribution in [2.75, 3.05) is 27.3 Å². The maximum absolute atomic E-state index is 5.02. The van der Waals surface area contributed by atoms with Gasteiger partial charge in [0.1, 0.15) is 0 Å². The first-order valence-corrected chi connectivity index (χ1v) is 7.14. The lowest BCUT2D eigenvalue weighted by Gasteiger charge is -2.12. The number of nitrogens with zero attached hydrogens (tertiary/aromatic N) is 3. The number of rotatable bonds is 7. The average Bonchev–Trinajstić information content (AvgIpc) is 2.77. The van der Waals surface area contributed by atoms with Crippen molar-refractivity contribution >= 4 is 29.9 Å². The summed E-state index contributed by atoms with van der Waals surface area (Å²) >= 11 is 0. The van der Waals surface area contributed by atoms with Crippen LogP contribution in [-0.2, 0) is 31.2 Å². The standard InChI is InChI=1S/C14H27N5O.HI/c1-6-12-11(13(7-2)19(4)18-12)10-17-14(15-3)16-8-9-20-5;/h6-10H2,1-5H3,(H2,15,16,17);1H. The van der Waals surface area contributed by atoms with Crippen molar-refractivity contribution in [2.45, 2.75) is 33.2 Å². The molecular formula is C14H28IN5O. The van der Waals surface area contributed by atoms with Gasteiger partial charge in [-0.3, -0.25) is 9.67 Å². The van der Waals surface area contributed by atoms with E-state index in [1.807, 2.05) is 11.7 Å². The highest BCUT2D eigenvalue weighted by Crippen LogP contribution is 2.14. The van der Waals surface area contributed by atoms with Crippen molar-refractivity contribution in [3.05, 3.63) is 17.0 Å². The highest BCUT2D eigenvalue weighted by atomic mass is 127. The Morgan fingerprint density at radius 3 is 2.52 bits per heavy atom. The number of hydrogen-bond donors (Lipinski definition) is 2. The summed E-state index contributed by atoms with van der Waals surface area (Å²) in [6.07, 6.45) is 1.93. The molecule has 6 nitrogen and oxygen atoms in total. The lowest BCUT2D eigenvalue weighted by Crippen LogP contribution is -2.38. The molecule has 1 aromatic heterocycles. The monoisotopic (exact) mass is 409 g/mol. The Kier molecular flexibility index (Phi) is 10.4. The summed E-state index contributed by atoms with van der Waals surface area (Å²) in [7, 11) is 5.47. The molecule has 1 rings (SSSR count). The molecule has 1 aromatic rings. The van der Waals surface area contributed by atoms with Crippen molar-refractivity contribution in [3.8, 4) is 0 Å². The highest BCUT2D eigenvalue weighted by molar-refractivity contribution is 14.0. The second-order valence-electron chi connectivity index (χ2n) is 4.55. The summed E-state index contributed by atoms with van der Waals surface area (Å²) in [4.78, 5) is 4.20. The molecule has 1 heterocycles. The molecule has 0 fully saturated rings. The largest absolute Gasteiger partial charge is 0.383 e. The van der Waals surface area contributed by atoms with Gasteiger partial charge < -0.3 is 15.4 Å². The third-order valence-corrected chi connectivity index (χ3v) is 3.28. The van der Waals surface area contributed by atoms with Crippen molar-refractivity contribution in [3.63, 3.8) is 0 Å². The van der Waals surface area contributed by atoms with E-state index < -0.39 is 0 Å². The molecule has 0 aromatic carbocycles. The van der Waals surface area contributed by atoms with Crippen LogP contribution in [0.4, 0.5) is 0 Å². The van der Waals surface area contributed by atoms with Gasteiger partial charge in [0, 0.05) is 45.6 Å². The molecule has 7 heteroatoms. The first kappa shape index (κ1) is 20.2. The lowest BCUT2D eigenvalue weighted by molar-refractivity contribution is 0.203. The van der Waals surface area contributed by atoms with Gasteiger partial charge in [0.15, 0.2) is 5.96 Å². The van der Waals surface area contributed by atoms with Gasteiger partial charge >= 0.3 is 0 Å². The lowest BCUT2D eigenvalue weighted by atomic mass is 10.1. The SMILES string of the molecule is CCc1nn(C)c(CC)c1CNC(=NC)NCCOC.I. The predicted octanol–water partition coefficient (Wildman–Crippen LogP) is 1.47. The van der Waals surface area contributed by atoms with Gasteiger partial charge in [0.25, 0.3) is 0 Å². The Bertz CT molecular complexity index is 445. The van der Waals surface area contributed by atoms with E-state index in [0.717, 1.165) is 37.6 Å². The minimum absolute atomic E-state index is 0. The first-order valence-electron chi connectivity index (χ1n) is 7.14. The summed E-state index contributed by atoms with van der Waals surface area (Å²) in [5, 5.41) is 11.1. The van der Waals surface area contributed by atoms with E-state index in [4.69, 9.17) is 4.74 Å². The van der Waals surface area contributed by atoms with E-state index in [1.165, 1.54) is 11.3 Å². The Morgan fingerprint density at radius 2 is 2.00 bits per heavy atom. The van der Waals surface area contributed by atoms with Gasteiger partial charge in [0.05, 0.1) is 12.3 Å². The molecule has 0 aliphatic heterocycles. The van der Waals surface area contributed by atoms with Crippen LogP contribution in [-0.4, -0.2) is 43.0 Å². The molecule has 0 unspecified atom stereocenters. The third-order valence-electron chi connectivity index (χ3n) is 3.28. The number of methoxy groups -OCH3 is 1. The van der Waals surface area contributed by atoms with Crippen molar-refractivity contribution in [2.24, 2.45) is 12.0 Å². The van der Waals surface area contributed by atoms with Crippen LogP contribution in [0.1, 0.15) is 30.8 Å². The van der Waals surface area contributed by atoms with E-state index in [2.05, 4.69) is 34.6 Å². The van der Waals surface area contributed by atoms with Crippen molar-refractivity contribution in [1.82, 2.24) is 20.4 Å². The van der Waals surface area contributed by atoms with Crippen molar-refractivity contribution in [1.29, 1.82) is 0 Å². The second-order valence-corrected chi connectivity index (χ2v) is 4.55. The maximum atomic E-state index is 5.02. The van der Waals surface area contributed by atoms with Crippen molar-refractivity contribution < 1.29 is 4.74 Å². The molecule has 0 atom stereocenters. The number of hydrogen-bond acceptors (Lipinski definition) is 3. The molecule has 21 heavy (non-hydrogen) atoms. The normalized spacial score (nSPS) is 11.2. The van der Waals surface area contributed by atoms with Crippen LogP contribution in [0.2, 0.25) is 0 Å². The van der Waals surface area contributed by atoms with Crippen LogP contribution in [0.15, 0.2) is 4.99 Å². The second kappa shape index (κ2) is 10.8. The van der Waals surface area contributed by atoms with Crippen LogP contribution in [0.25, 0.3) is 0 Å². The molecule has 0 spiro atoms. The van der Waals surface area contributed by atoms with E-state index >= 15 is 0 Å². The molecule has 0 saturated carbocycles.